The van der Waals surface area contributed by atoms with E-state index < -0.39 is 0 Å². The van der Waals surface area contributed by atoms with Crippen molar-refractivity contribution in [3.8, 4) is 0 Å². The van der Waals surface area contributed by atoms with Crippen molar-refractivity contribution in [1.29, 1.82) is 0 Å². The van der Waals surface area contributed by atoms with Crippen molar-refractivity contribution in [1.82, 2.24) is 5.32 Å². The summed E-state index contributed by atoms with van der Waals surface area (Å²) in [6, 6.07) is 9.42. The van der Waals surface area contributed by atoms with E-state index in [-0.39, 0.29) is 0 Å². The number of nitrogens with one attached hydrogen (secondary N) is 1. The minimum atomic E-state index is 0.594. The Hall–Kier alpha value is -1.02. The van der Waals surface area contributed by atoms with Gasteiger partial charge >= 0.3 is 0 Å². The molecule has 0 unspecified atom stereocenters. The third-order valence-electron chi connectivity index (χ3n) is 2.65. The van der Waals surface area contributed by atoms with Crippen molar-refractivity contribution < 1.29 is 0 Å². The first-order valence-corrected chi connectivity index (χ1v) is 6.09. The number of hydrogen-bond acceptors (Lipinski definition) is 2. The Bertz CT molecular complexity index is 288. The van der Waals surface area contributed by atoms with Gasteiger partial charge < -0.3 is 10.2 Å². The van der Waals surface area contributed by atoms with E-state index in [1.54, 1.807) is 0 Å². The number of benzene rings is 1. The monoisotopic (exact) mass is 220 g/mol. The Kier molecular flexibility index (Phi) is 5.33. The number of hydrogen-bond donors (Lipinski definition) is 1. The second-order valence-electron chi connectivity index (χ2n) is 4.77. The molecular weight excluding hydrogens is 196 g/mol. The van der Waals surface area contributed by atoms with Crippen LogP contribution in [-0.4, -0.2) is 26.7 Å². The average molecular weight is 220 g/mol. The van der Waals surface area contributed by atoms with E-state index in [1.165, 1.54) is 17.7 Å². The highest BCUT2D eigenvalue weighted by molar-refractivity contribution is 5.45. The summed E-state index contributed by atoms with van der Waals surface area (Å²) in [5.41, 5.74) is 2.69. The fourth-order valence-corrected chi connectivity index (χ4v) is 1.64. The summed E-state index contributed by atoms with van der Waals surface area (Å²) in [6.07, 6.45) is 2.37. The molecule has 0 saturated carbocycles. The van der Waals surface area contributed by atoms with Crippen LogP contribution in [0.25, 0.3) is 0 Å². The van der Waals surface area contributed by atoms with Crippen LogP contribution >= 0.6 is 0 Å². The Balaban J connectivity index is 2.32. The van der Waals surface area contributed by atoms with Gasteiger partial charge in [-0.1, -0.05) is 26.0 Å². The largest absolute Gasteiger partial charge is 0.378 e. The number of aryl methyl sites for hydroxylation is 1. The maximum absolute atomic E-state index is 3.44. The quantitative estimate of drug-likeness (QED) is 0.742. The molecule has 2 heteroatoms. The van der Waals surface area contributed by atoms with Crippen LogP contribution in [0.1, 0.15) is 25.8 Å². The van der Waals surface area contributed by atoms with Gasteiger partial charge in [-0.25, -0.2) is 0 Å². The lowest BCUT2D eigenvalue weighted by atomic mass is 10.1. The van der Waals surface area contributed by atoms with Crippen molar-refractivity contribution in [3.05, 3.63) is 29.8 Å². The summed E-state index contributed by atoms with van der Waals surface area (Å²) in [6.45, 7) is 5.48. The van der Waals surface area contributed by atoms with Crippen LogP contribution in [0.2, 0.25) is 0 Å². The molecule has 1 rings (SSSR count). The van der Waals surface area contributed by atoms with Crippen molar-refractivity contribution >= 4 is 5.69 Å². The van der Waals surface area contributed by atoms with Crippen LogP contribution in [0.3, 0.4) is 0 Å². The second-order valence-corrected chi connectivity index (χ2v) is 4.77. The van der Waals surface area contributed by atoms with E-state index in [1.807, 2.05) is 0 Å². The van der Waals surface area contributed by atoms with Crippen LogP contribution < -0.4 is 10.2 Å². The molecule has 16 heavy (non-hydrogen) atoms. The molecule has 1 N–H and O–H groups in total. The summed E-state index contributed by atoms with van der Waals surface area (Å²) in [7, 11) is 4.14. The molecule has 0 amide bonds. The molecule has 0 atom stereocenters. The highest BCUT2D eigenvalue weighted by Gasteiger charge is 1.97. The Morgan fingerprint density at radius 3 is 2.25 bits per heavy atom. The van der Waals surface area contributed by atoms with Gasteiger partial charge in [0, 0.05) is 25.8 Å². The van der Waals surface area contributed by atoms with Gasteiger partial charge in [0.2, 0.25) is 0 Å². The van der Waals surface area contributed by atoms with Gasteiger partial charge in [-0.2, -0.15) is 0 Å². The van der Waals surface area contributed by atoms with E-state index >= 15 is 0 Å². The van der Waals surface area contributed by atoms with Gasteiger partial charge in [-0.3, -0.25) is 0 Å². The van der Waals surface area contributed by atoms with Crippen molar-refractivity contribution in [2.24, 2.45) is 0 Å². The van der Waals surface area contributed by atoms with Gasteiger partial charge in [-0.05, 0) is 37.1 Å². The number of rotatable bonds is 6. The lowest BCUT2D eigenvalue weighted by Gasteiger charge is -2.13. The van der Waals surface area contributed by atoms with Crippen molar-refractivity contribution in [3.63, 3.8) is 0 Å². The first-order chi connectivity index (χ1) is 7.59. The molecule has 0 aliphatic heterocycles. The van der Waals surface area contributed by atoms with Crippen molar-refractivity contribution in [2.45, 2.75) is 32.7 Å². The topological polar surface area (TPSA) is 15.3 Å². The Morgan fingerprint density at radius 2 is 1.75 bits per heavy atom. The molecule has 2 nitrogen and oxygen atoms in total. The minimum Gasteiger partial charge on any atom is -0.378 e. The van der Waals surface area contributed by atoms with Gasteiger partial charge in [0.15, 0.2) is 0 Å². The van der Waals surface area contributed by atoms with E-state index in [4.69, 9.17) is 0 Å². The molecular formula is C14H24N2. The number of anilines is 1. The van der Waals surface area contributed by atoms with Gasteiger partial charge in [0.25, 0.3) is 0 Å². The van der Waals surface area contributed by atoms with E-state index in [0.29, 0.717) is 6.04 Å². The zero-order valence-corrected chi connectivity index (χ0v) is 11.0. The molecule has 0 aromatic heterocycles. The summed E-state index contributed by atoms with van der Waals surface area (Å²) in [5.74, 6) is 0. The summed E-state index contributed by atoms with van der Waals surface area (Å²) >= 11 is 0. The molecule has 1 aromatic rings. The Morgan fingerprint density at radius 1 is 1.12 bits per heavy atom. The average Bonchev–Trinajstić information content (AvgIpc) is 2.25. The summed E-state index contributed by atoms with van der Waals surface area (Å²) < 4.78 is 0. The molecule has 0 heterocycles. The third-order valence-corrected chi connectivity index (χ3v) is 2.65. The molecule has 0 fully saturated rings. The van der Waals surface area contributed by atoms with Crippen molar-refractivity contribution in [2.75, 3.05) is 25.5 Å². The first-order valence-electron chi connectivity index (χ1n) is 6.09. The summed E-state index contributed by atoms with van der Waals surface area (Å²) in [5, 5.41) is 3.44. The normalized spacial score (nSPS) is 10.8. The highest BCUT2D eigenvalue weighted by atomic mass is 15.1. The molecule has 0 saturated heterocycles. The SMILES string of the molecule is CC(C)NCCCc1ccc(N(C)C)cc1. The van der Waals surface area contributed by atoms with Crippen LogP contribution in [-0.2, 0) is 6.42 Å². The fraction of sp³-hybridized carbons (Fsp3) is 0.571. The Labute approximate surface area is 99.7 Å². The van der Waals surface area contributed by atoms with Gasteiger partial charge in [-0.15, -0.1) is 0 Å². The zero-order valence-electron chi connectivity index (χ0n) is 11.0. The maximum atomic E-state index is 3.44. The fourth-order valence-electron chi connectivity index (χ4n) is 1.64. The molecule has 1 aromatic carbocycles. The molecule has 90 valence electrons. The molecule has 0 aliphatic carbocycles. The molecule has 0 bridgehead atoms. The predicted octanol–water partition coefficient (Wildman–Crippen LogP) is 2.68. The molecule has 0 aliphatic rings. The van der Waals surface area contributed by atoms with E-state index in [9.17, 15) is 0 Å². The van der Waals surface area contributed by atoms with Gasteiger partial charge in [0.1, 0.15) is 0 Å². The maximum Gasteiger partial charge on any atom is 0.0361 e. The van der Waals surface area contributed by atoms with Crippen LogP contribution in [0.4, 0.5) is 5.69 Å². The first kappa shape index (κ1) is 13.0. The minimum absolute atomic E-state index is 0.594. The van der Waals surface area contributed by atoms with Crippen LogP contribution in [0, 0.1) is 0 Å². The number of nitrogens with zero attached hydrogens (tertiary/aromatic N) is 1. The van der Waals surface area contributed by atoms with Crippen LogP contribution in [0.15, 0.2) is 24.3 Å². The molecule has 0 radical (unpaired) electrons. The lowest BCUT2D eigenvalue weighted by molar-refractivity contribution is 0.570. The van der Waals surface area contributed by atoms with E-state index in [2.05, 4.69) is 62.4 Å². The van der Waals surface area contributed by atoms with Gasteiger partial charge in [0.05, 0.1) is 0 Å². The predicted molar refractivity (Wildman–Crippen MR) is 72.2 cm³/mol. The standard InChI is InChI=1S/C14H24N2/c1-12(2)15-11-5-6-13-7-9-14(10-8-13)16(3)4/h7-10,12,15H,5-6,11H2,1-4H3. The highest BCUT2D eigenvalue weighted by Crippen LogP contribution is 2.13. The van der Waals surface area contributed by atoms with Crippen LogP contribution in [0.5, 0.6) is 0 Å². The lowest BCUT2D eigenvalue weighted by Crippen LogP contribution is -2.23. The smallest absolute Gasteiger partial charge is 0.0361 e. The zero-order chi connectivity index (χ0) is 12.0. The molecule has 0 spiro atoms. The van der Waals surface area contributed by atoms with E-state index in [0.717, 1.165) is 13.0 Å². The summed E-state index contributed by atoms with van der Waals surface area (Å²) in [4.78, 5) is 2.13. The second kappa shape index (κ2) is 6.54. The third kappa shape index (κ3) is 4.67.